The fraction of sp³-hybridized carbons (Fsp3) is 0.462. The Morgan fingerprint density at radius 2 is 1.72 bits per heavy atom. The first-order valence-electron chi connectivity index (χ1n) is 11.4. The monoisotopic (exact) mass is 456 g/mol. The summed E-state index contributed by atoms with van der Waals surface area (Å²) in [5, 5.41) is 3.67. The van der Waals surface area contributed by atoms with Crippen molar-refractivity contribution in [1.29, 1.82) is 0 Å². The molecule has 0 aromatic heterocycles. The van der Waals surface area contributed by atoms with Crippen molar-refractivity contribution < 1.29 is 14.3 Å². The predicted molar refractivity (Wildman–Crippen MR) is 128 cm³/mol. The molecule has 6 heteroatoms. The maximum Gasteiger partial charge on any atom is 0.261 e. The van der Waals surface area contributed by atoms with Crippen LogP contribution < -0.4 is 10.1 Å². The molecule has 1 saturated carbocycles. The number of ether oxygens (including phenoxy) is 1. The molecule has 0 saturated heterocycles. The summed E-state index contributed by atoms with van der Waals surface area (Å²) in [4.78, 5) is 27.6. The largest absolute Gasteiger partial charge is 0.484 e. The minimum absolute atomic E-state index is 0.140. The quantitative estimate of drug-likeness (QED) is 0.555. The molecule has 0 spiro atoms. The van der Waals surface area contributed by atoms with Gasteiger partial charge in [0.2, 0.25) is 5.91 Å². The van der Waals surface area contributed by atoms with Gasteiger partial charge in [-0.25, -0.2) is 0 Å². The number of carbonyl (C=O) groups is 2. The zero-order valence-electron chi connectivity index (χ0n) is 19.1. The van der Waals surface area contributed by atoms with Gasteiger partial charge in [-0.3, -0.25) is 9.59 Å². The van der Waals surface area contributed by atoms with E-state index in [0.717, 1.165) is 31.2 Å². The van der Waals surface area contributed by atoms with E-state index in [4.69, 9.17) is 16.3 Å². The van der Waals surface area contributed by atoms with Crippen molar-refractivity contribution in [3.8, 4) is 5.75 Å². The molecule has 2 amide bonds. The third-order valence-corrected chi connectivity index (χ3v) is 6.45. The highest BCUT2D eigenvalue weighted by Gasteiger charge is 2.29. The minimum Gasteiger partial charge on any atom is -0.484 e. The van der Waals surface area contributed by atoms with Crippen LogP contribution in [0.2, 0.25) is 5.02 Å². The third kappa shape index (κ3) is 6.49. The van der Waals surface area contributed by atoms with Gasteiger partial charge in [-0.1, -0.05) is 68.6 Å². The number of amides is 2. The lowest BCUT2D eigenvalue weighted by molar-refractivity contribution is -0.142. The summed E-state index contributed by atoms with van der Waals surface area (Å²) in [5.41, 5.74) is 2.01. The highest BCUT2D eigenvalue weighted by Crippen LogP contribution is 2.22. The molecule has 3 rings (SSSR count). The van der Waals surface area contributed by atoms with Gasteiger partial charge < -0.3 is 15.0 Å². The van der Waals surface area contributed by atoms with Crippen molar-refractivity contribution in [2.45, 2.75) is 71.0 Å². The van der Waals surface area contributed by atoms with Crippen molar-refractivity contribution in [3.63, 3.8) is 0 Å². The summed E-state index contributed by atoms with van der Waals surface area (Å²) in [7, 11) is 0. The van der Waals surface area contributed by atoms with E-state index in [1.54, 1.807) is 17.9 Å². The van der Waals surface area contributed by atoms with Crippen molar-refractivity contribution in [3.05, 3.63) is 64.7 Å². The van der Waals surface area contributed by atoms with Crippen molar-refractivity contribution in [2.24, 2.45) is 0 Å². The van der Waals surface area contributed by atoms with Crippen LogP contribution >= 0.6 is 11.6 Å². The van der Waals surface area contributed by atoms with E-state index in [9.17, 15) is 9.59 Å². The second kappa shape index (κ2) is 11.4. The van der Waals surface area contributed by atoms with Gasteiger partial charge in [-0.15, -0.1) is 0 Å². The Labute approximate surface area is 196 Å². The first-order chi connectivity index (χ1) is 15.3. The fourth-order valence-corrected chi connectivity index (χ4v) is 4.16. The molecule has 0 bridgehead atoms. The maximum absolute atomic E-state index is 13.2. The maximum atomic E-state index is 13.2. The number of hydrogen-bond acceptors (Lipinski definition) is 3. The van der Waals surface area contributed by atoms with Gasteiger partial charge in [-0.2, -0.15) is 0 Å². The molecule has 172 valence electrons. The number of halogens is 1. The average molecular weight is 457 g/mol. The lowest BCUT2D eigenvalue weighted by atomic mass is 10.0. The molecule has 0 radical (unpaired) electrons. The van der Waals surface area contributed by atoms with E-state index in [0.29, 0.717) is 16.7 Å². The van der Waals surface area contributed by atoms with Crippen LogP contribution in [-0.4, -0.2) is 35.4 Å². The molecule has 1 aliphatic rings. The van der Waals surface area contributed by atoms with Gasteiger partial charge in [0.15, 0.2) is 6.61 Å². The van der Waals surface area contributed by atoms with Crippen LogP contribution in [0.15, 0.2) is 48.5 Å². The molecule has 32 heavy (non-hydrogen) atoms. The highest BCUT2D eigenvalue weighted by molar-refractivity contribution is 6.31. The smallest absolute Gasteiger partial charge is 0.261 e. The molecular weight excluding hydrogens is 424 g/mol. The van der Waals surface area contributed by atoms with E-state index in [1.807, 2.05) is 42.5 Å². The number of hydrogen-bond donors (Lipinski definition) is 1. The summed E-state index contributed by atoms with van der Waals surface area (Å²) in [6, 6.07) is 14.7. The Bertz CT molecular complexity index is 908. The van der Waals surface area contributed by atoms with Gasteiger partial charge in [0, 0.05) is 17.6 Å². The predicted octanol–water partition coefficient (Wildman–Crippen LogP) is 5.32. The molecule has 2 aromatic carbocycles. The third-order valence-electron chi connectivity index (χ3n) is 6.08. The normalized spacial score (nSPS) is 14.9. The lowest BCUT2D eigenvalue weighted by Gasteiger charge is -2.30. The second-order valence-electron chi connectivity index (χ2n) is 8.79. The molecule has 1 atom stereocenters. The zero-order valence-corrected chi connectivity index (χ0v) is 19.9. The summed E-state index contributed by atoms with van der Waals surface area (Å²) in [6.45, 7) is 6.12. The van der Waals surface area contributed by atoms with Crippen LogP contribution in [0.25, 0.3) is 0 Å². The number of rotatable bonds is 9. The minimum atomic E-state index is -0.633. The standard InChI is InChI=1S/C26H33ClN2O3/c1-18(2)20-12-14-23(15-13-20)32-17-25(30)29(16-21-8-4-7-11-24(21)27)19(3)26(31)28-22-9-5-6-10-22/h4,7-8,11-15,18-19,22H,5-6,9-10,16-17H2,1-3H3,(H,28,31)/t19-/m0/s1. The van der Waals surface area contributed by atoms with Gasteiger partial charge >= 0.3 is 0 Å². The average Bonchev–Trinajstić information content (AvgIpc) is 3.29. The Hall–Kier alpha value is -2.53. The van der Waals surface area contributed by atoms with Crippen molar-refractivity contribution >= 4 is 23.4 Å². The highest BCUT2D eigenvalue weighted by atomic mass is 35.5. The van der Waals surface area contributed by atoms with E-state index in [1.165, 1.54) is 5.56 Å². The Balaban J connectivity index is 1.70. The Morgan fingerprint density at radius 1 is 1.06 bits per heavy atom. The van der Waals surface area contributed by atoms with Gasteiger partial charge in [0.25, 0.3) is 5.91 Å². The van der Waals surface area contributed by atoms with Crippen LogP contribution in [0.4, 0.5) is 0 Å². The molecule has 0 unspecified atom stereocenters. The van der Waals surface area contributed by atoms with Crippen LogP contribution in [0.3, 0.4) is 0 Å². The Morgan fingerprint density at radius 3 is 2.34 bits per heavy atom. The van der Waals surface area contributed by atoms with E-state index in [-0.39, 0.29) is 31.0 Å². The Kier molecular flexibility index (Phi) is 8.57. The van der Waals surface area contributed by atoms with Crippen molar-refractivity contribution in [2.75, 3.05) is 6.61 Å². The zero-order chi connectivity index (χ0) is 23.1. The number of nitrogens with zero attached hydrogens (tertiary/aromatic N) is 1. The number of benzene rings is 2. The molecule has 1 aliphatic carbocycles. The van der Waals surface area contributed by atoms with Gasteiger partial charge in [-0.05, 0) is 55.0 Å². The van der Waals surface area contributed by atoms with E-state index in [2.05, 4.69) is 19.2 Å². The lowest BCUT2D eigenvalue weighted by Crippen LogP contribution is -2.50. The van der Waals surface area contributed by atoms with Crippen LogP contribution in [0.1, 0.15) is 63.5 Å². The number of carbonyl (C=O) groups excluding carboxylic acids is 2. The fourth-order valence-electron chi connectivity index (χ4n) is 3.96. The molecule has 0 aliphatic heterocycles. The molecule has 0 heterocycles. The van der Waals surface area contributed by atoms with Crippen LogP contribution in [-0.2, 0) is 16.1 Å². The summed E-state index contributed by atoms with van der Waals surface area (Å²) in [5.74, 6) is 0.657. The van der Waals surface area contributed by atoms with Gasteiger partial charge in [0.05, 0.1) is 0 Å². The SMILES string of the molecule is CC(C)c1ccc(OCC(=O)N(Cc2ccccc2Cl)[C@@H](C)C(=O)NC2CCCC2)cc1. The van der Waals surface area contributed by atoms with Crippen LogP contribution in [0.5, 0.6) is 5.75 Å². The van der Waals surface area contributed by atoms with E-state index < -0.39 is 6.04 Å². The molecule has 2 aromatic rings. The van der Waals surface area contributed by atoms with E-state index >= 15 is 0 Å². The topological polar surface area (TPSA) is 58.6 Å². The van der Waals surface area contributed by atoms with Gasteiger partial charge in [0.1, 0.15) is 11.8 Å². The summed E-state index contributed by atoms with van der Waals surface area (Å²) >= 11 is 6.34. The first kappa shape index (κ1) is 24.1. The second-order valence-corrected chi connectivity index (χ2v) is 9.20. The first-order valence-corrected chi connectivity index (χ1v) is 11.8. The molecule has 1 N–H and O–H groups in total. The number of nitrogens with one attached hydrogen (secondary N) is 1. The molecule has 1 fully saturated rings. The molecule has 5 nitrogen and oxygen atoms in total. The summed E-state index contributed by atoms with van der Waals surface area (Å²) < 4.78 is 5.76. The van der Waals surface area contributed by atoms with Crippen molar-refractivity contribution in [1.82, 2.24) is 10.2 Å². The summed E-state index contributed by atoms with van der Waals surface area (Å²) in [6.07, 6.45) is 4.24. The van der Waals surface area contributed by atoms with Crippen LogP contribution in [0, 0.1) is 0 Å². The molecular formula is C26H33ClN2O3.